The van der Waals surface area contributed by atoms with Gasteiger partial charge in [-0.15, -0.1) is 0 Å². The highest BCUT2D eigenvalue weighted by molar-refractivity contribution is 7.86. The van der Waals surface area contributed by atoms with Crippen LogP contribution in [0.15, 0.2) is 36.5 Å². The van der Waals surface area contributed by atoms with E-state index in [1.54, 1.807) is 12.3 Å². The van der Waals surface area contributed by atoms with Crippen LogP contribution in [0.25, 0.3) is 0 Å². The van der Waals surface area contributed by atoms with Gasteiger partial charge in [0.15, 0.2) is 0 Å². The van der Waals surface area contributed by atoms with Gasteiger partial charge in [-0.25, -0.2) is 10.1 Å². The predicted molar refractivity (Wildman–Crippen MR) is 117 cm³/mol. The highest BCUT2D eigenvalue weighted by Crippen LogP contribution is 2.45. The lowest BCUT2D eigenvalue weighted by Gasteiger charge is -2.48. The van der Waals surface area contributed by atoms with Crippen LogP contribution in [0.2, 0.25) is 5.15 Å². The molecule has 2 aliphatic rings. The summed E-state index contributed by atoms with van der Waals surface area (Å²) in [4.78, 5) is 17.7. The first-order valence-electron chi connectivity index (χ1n) is 9.96. The molecule has 160 valence electrons. The molecule has 2 fully saturated rings. The number of amides is 1. The van der Waals surface area contributed by atoms with Crippen LogP contribution in [-0.2, 0) is 20.4 Å². The van der Waals surface area contributed by atoms with E-state index >= 15 is 0 Å². The molecule has 2 aromatic rings. The van der Waals surface area contributed by atoms with Crippen molar-refractivity contribution < 1.29 is 13.2 Å². The Hall–Kier alpha value is -2.00. The summed E-state index contributed by atoms with van der Waals surface area (Å²) in [5.41, 5.74) is 2.42. The largest absolute Gasteiger partial charge is 0.324 e. The number of hydrogen-bond acceptors (Lipinski definition) is 4. The minimum Gasteiger partial charge on any atom is -0.324 e. The van der Waals surface area contributed by atoms with Gasteiger partial charge in [-0.2, -0.15) is 12.7 Å². The summed E-state index contributed by atoms with van der Waals surface area (Å²) in [7, 11) is -3.88. The third-order valence-electron chi connectivity index (χ3n) is 5.95. The number of rotatable bonds is 6. The van der Waals surface area contributed by atoms with Crippen LogP contribution in [0.4, 0.5) is 5.69 Å². The molecule has 1 aliphatic heterocycles. The number of nitrogens with two attached hydrogens (primary N) is 1. The van der Waals surface area contributed by atoms with Crippen LogP contribution in [0.3, 0.4) is 0 Å². The topological polar surface area (TPSA) is 105 Å². The number of carbonyl (C=O) groups is 1. The standard InChI is InChI=1S/C21H25ClN4O3S/c1-13(2)15-5-3-4-6-17(15)21(11-26(12-21)30(23,28)29)20(27)25-18-10-24-19(22)9-16(18)14-7-8-14/h3-6,9-10,13-14H,7-8,11-12H2,1-2H3,(H,25,27)(H2,23,28,29). The number of halogens is 1. The van der Waals surface area contributed by atoms with E-state index < -0.39 is 15.6 Å². The first-order valence-corrected chi connectivity index (χ1v) is 11.8. The number of benzene rings is 1. The Morgan fingerprint density at radius 1 is 1.30 bits per heavy atom. The van der Waals surface area contributed by atoms with Gasteiger partial charge in [-0.1, -0.05) is 49.7 Å². The fraction of sp³-hybridized carbons (Fsp3) is 0.429. The van der Waals surface area contributed by atoms with E-state index in [0.717, 1.165) is 33.8 Å². The van der Waals surface area contributed by atoms with Crippen molar-refractivity contribution in [2.75, 3.05) is 18.4 Å². The van der Waals surface area contributed by atoms with Crippen molar-refractivity contribution in [3.05, 3.63) is 58.4 Å². The molecular formula is C21H25ClN4O3S. The maximum absolute atomic E-state index is 13.6. The van der Waals surface area contributed by atoms with Crippen molar-refractivity contribution in [1.82, 2.24) is 9.29 Å². The summed E-state index contributed by atoms with van der Waals surface area (Å²) in [6, 6.07) is 9.47. The fourth-order valence-corrected chi connectivity index (χ4v) is 5.10. The summed E-state index contributed by atoms with van der Waals surface area (Å²) < 4.78 is 24.9. The molecule has 1 amide bonds. The van der Waals surface area contributed by atoms with Crippen molar-refractivity contribution in [2.45, 2.75) is 43.9 Å². The van der Waals surface area contributed by atoms with Crippen LogP contribution in [0, 0.1) is 0 Å². The second-order valence-corrected chi connectivity index (χ2v) is 10.4. The van der Waals surface area contributed by atoms with Gasteiger partial charge in [-0.3, -0.25) is 4.79 Å². The summed E-state index contributed by atoms with van der Waals surface area (Å²) in [6.07, 6.45) is 3.67. The van der Waals surface area contributed by atoms with E-state index in [1.807, 2.05) is 24.3 Å². The Morgan fingerprint density at radius 3 is 2.57 bits per heavy atom. The molecule has 4 rings (SSSR count). The lowest BCUT2D eigenvalue weighted by molar-refractivity contribution is -0.125. The van der Waals surface area contributed by atoms with E-state index in [4.69, 9.17) is 16.7 Å². The van der Waals surface area contributed by atoms with Gasteiger partial charge in [0.25, 0.3) is 10.2 Å². The Kier molecular flexibility index (Phi) is 5.38. The van der Waals surface area contributed by atoms with Gasteiger partial charge in [0, 0.05) is 13.1 Å². The van der Waals surface area contributed by atoms with Gasteiger partial charge < -0.3 is 5.32 Å². The number of nitrogens with one attached hydrogen (secondary N) is 1. The third-order valence-corrected chi connectivity index (χ3v) is 7.14. The highest BCUT2D eigenvalue weighted by Gasteiger charge is 2.55. The van der Waals surface area contributed by atoms with E-state index in [-0.39, 0.29) is 24.9 Å². The molecule has 0 radical (unpaired) electrons. The maximum atomic E-state index is 13.6. The second kappa shape index (κ2) is 7.60. The molecule has 0 bridgehead atoms. The van der Waals surface area contributed by atoms with Crippen LogP contribution in [0.5, 0.6) is 0 Å². The third kappa shape index (κ3) is 3.85. The molecule has 3 N–H and O–H groups in total. The zero-order chi connectivity index (χ0) is 21.7. The van der Waals surface area contributed by atoms with Crippen LogP contribution < -0.4 is 10.5 Å². The van der Waals surface area contributed by atoms with Crippen LogP contribution in [-0.4, -0.2) is 36.7 Å². The molecule has 0 spiro atoms. The van der Waals surface area contributed by atoms with Crippen molar-refractivity contribution in [3.63, 3.8) is 0 Å². The molecule has 7 nitrogen and oxygen atoms in total. The van der Waals surface area contributed by atoms with Gasteiger partial charge in [0.2, 0.25) is 5.91 Å². The number of aromatic nitrogens is 1. The SMILES string of the molecule is CC(C)c1ccccc1C1(C(=O)Nc2cnc(Cl)cc2C2CC2)CN(S(N)(=O)=O)C1. The Balaban J connectivity index is 1.73. The van der Waals surface area contributed by atoms with Crippen molar-refractivity contribution in [2.24, 2.45) is 5.14 Å². The summed E-state index contributed by atoms with van der Waals surface area (Å²) >= 11 is 6.06. The Morgan fingerprint density at radius 2 is 1.97 bits per heavy atom. The van der Waals surface area contributed by atoms with Gasteiger partial charge in [-0.05, 0) is 47.4 Å². The Bertz CT molecular complexity index is 1090. The monoisotopic (exact) mass is 448 g/mol. The van der Waals surface area contributed by atoms with Crippen LogP contribution >= 0.6 is 11.6 Å². The molecule has 1 aromatic heterocycles. The second-order valence-electron chi connectivity index (χ2n) is 8.46. The van der Waals surface area contributed by atoms with Crippen LogP contribution in [0.1, 0.15) is 55.2 Å². The van der Waals surface area contributed by atoms with E-state index in [0.29, 0.717) is 16.8 Å². The molecular weight excluding hydrogens is 424 g/mol. The first-order chi connectivity index (χ1) is 14.1. The van der Waals surface area contributed by atoms with Gasteiger partial charge in [0.1, 0.15) is 10.6 Å². The number of anilines is 1. The van der Waals surface area contributed by atoms with Crippen molar-refractivity contribution in [3.8, 4) is 0 Å². The van der Waals surface area contributed by atoms with Gasteiger partial charge >= 0.3 is 0 Å². The number of carbonyl (C=O) groups excluding carboxylic acids is 1. The van der Waals surface area contributed by atoms with Crippen molar-refractivity contribution in [1.29, 1.82) is 0 Å². The predicted octanol–water partition coefficient (Wildman–Crippen LogP) is 3.13. The lowest BCUT2D eigenvalue weighted by Crippen LogP contribution is -2.67. The fourth-order valence-electron chi connectivity index (χ4n) is 4.13. The average Bonchev–Trinajstić information content (AvgIpc) is 3.46. The lowest BCUT2D eigenvalue weighted by atomic mass is 9.71. The molecule has 0 unspecified atom stereocenters. The molecule has 9 heteroatoms. The van der Waals surface area contributed by atoms with E-state index in [9.17, 15) is 13.2 Å². The maximum Gasteiger partial charge on any atom is 0.276 e. The number of pyridine rings is 1. The van der Waals surface area contributed by atoms with E-state index in [1.165, 1.54) is 0 Å². The summed E-state index contributed by atoms with van der Waals surface area (Å²) in [5, 5.41) is 8.72. The molecule has 0 atom stereocenters. The average molecular weight is 449 g/mol. The summed E-state index contributed by atoms with van der Waals surface area (Å²) in [5.74, 6) is 0.275. The number of nitrogens with zero attached hydrogens (tertiary/aromatic N) is 2. The van der Waals surface area contributed by atoms with Gasteiger partial charge in [0.05, 0.1) is 11.9 Å². The van der Waals surface area contributed by atoms with Crippen molar-refractivity contribution >= 4 is 33.4 Å². The number of hydrogen-bond donors (Lipinski definition) is 2. The molecule has 1 saturated heterocycles. The summed E-state index contributed by atoms with van der Waals surface area (Å²) in [6.45, 7) is 4.10. The molecule has 30 heavy (non-hydrogen) atoms. The zero-order valence-electron chi connectivity index (χ0n) is 16.9. The molecule has 1 aliphatic carbocycles. The minimum atomic E-state index is -3.88. The highest BCUT2D eigenvalue weighted by atomic mass is 35.5. The molecule has 1 aromatic carbocycles. The smallest absolute Gasteiger partial charge is 0.276 e. The normalized spacial score (nSPS) is 18.8. The first kappa shape index (κ1) is 21.2. The quantitative estimate of drug-likeness (QED) is 0.662. The molecule has 2 heterocycles. The Labute approximate surface area is 181 Å². The zero-order valence-corrected chi connectivity index (χ0v) is 18.5. The molecule has 1 saturated carbocycles. The minimum absolute atomic E-state index is 0.00117. The van der Waals surface area contributed by atoms with E-state index in [2.05, 4.69) is 24.1 Å².